The monoisotopic (exact) mass is 251 g/mol. The van der Waals surface area contributed by atoms with Gasteiger partial charge in [0.15, 0.2) is 0 Å². The van der Waals surface area contributed by atoms with E-state index in [0.717, 1.165) is 19.7 Å². The summed E-state index contributed by atoms with van der Waals surface area (Å²) in [5.74, 6) is 0.620. The zero-order valence-corrected chi connectivity index (χ0v) is 11.4. The summed E-state index contributed by atoms with van der Waals surface area (Å²) in [7, 11) is 0. The molecule has 3 heteroatoms. The van der Waals surface area contributed by atoms with Gasteiger partial charge in [0.1, 0.15) is 0 Å². The molecule has 1 fully saturated rings. The molecule has 1 aliphatic heterocycles. The maximum Gasteiger partial charge on any atom is 0.0866 e. The summed E-state index contributed by atoms with van der Waals surface area (Å²) in [6.07, 6.45) is 3.56. The van der Waals surface area contributed by atoms with Crippen LogP contribution in [-0.4, -0.2) is 26.0 Å². The average molecular weight is 251 g/mol. The predicted molar refractivity (Wildman–Crippen MR) is 73.6 cm³/mol. The lowest BCUT2D eigenvalue weighted by Crippen LogP contribution is -2.24. The van der Waals surface area contributed by atoms with Crippen LogP contribution < -0.4 is 5.32 Å². The van der Waals surface area contributed by atoms with E-state index in [2.05, 4.69) is 42.8 Å². The maximum atomic E-state index is 5.88. The van der Waals surface area contributed by atoms with Crippen molar-refractivity contribution in [2.24, 2.45) is 5.92 Å². The van der Waals surface area contributed by atoms with Crippen molar-refractivity contribution in [3.8, 4) is 0 Å². The van der Waals surface area contributed by atoms with E-state index in [9.17, 15) is 0 Å². The second-order valence-corrected chi connectivity index (χ2v) is 5.30. The van der Waals surface area contributed by atoms with E-state index in [0.29, 0.717) is 5.92 Å². The number of rotatable bonds is 5. The summed E-state index contributed by atoms with van der Waals surface area (Å²) >= 11 is 1.78. The van der Waals surface area contributed by atoms with Gasteiger partial charge < -0.3 is 10.1 Å². The number of benzene rings is 1. The highest BCUT2D eigenvalue weighted by atomic mass is 32.2. The van der Waals surface area contributed by atoms with Gasteiger partial charge in [-0.15, -0.1) is 11.8 Å². The average Bonchev–Trinajstić information content (AvgIpc) is 2.84. The fourth-order valence-corrected chi connectivity index (χ4v) is 2.74. The topological polar surface area (TPSA) is 21.3 Å². The van der Waals surface area contributed by atoms with Gasteiger partial charge >= 0.3 is 0 Å². The highest BCUT2D eigenvalue weighted by Gasteiger charge is 2.28. The molecule has 1 aromatic carbocycles. The van der Waals surface area contributed by atoms with Gasteiger partial charge in [-0.05, 0) is 36.9 Å². The summed E-state index contributed by atoms with van der Waals surface area (Å²) in [5.41, 5.74) is 1.32. The van der Waals surface area contributed by atoms with Crippen molar-refractivity contribution < 1.29 is 4.74 Å². The molecule has 0 bridgehead atoms. The molecule has 0 aromatic heterocycles. The predicted octanol–water partition coefficient (Wildman–Crippen LogP) is 3.10. The number of nitrogens with one attached hydrogen (secondary N) is 1. The van der Waals surface area contributed by atoms with Crippen LogP contribution >= 0.6 is 11.8 Å². The molecule has 1 N–H and O–H groups in total. The van der Waals surface area contributed by atoms with Crippen molar-refractivity contribution in [2.75, 3.05) is 26.0 Å². The van der Waals surface area contributed by atoms with E-state index in [-0.39, 0.29) is 6.10 Å². The molecule has 2 rings (SSSR count). The van der Waals surface area contributed by atoms with Gasteiger partial charge in [-0.25, -0.2) is 0 Å². The third kappa shape index (κ3) is 3.24. The summed E-state index contributed by atoms with van der Waals surface area (Å²) in [4.78, 5) is 1.31. The van der Waals surface area contributed by atoms with E-state index in [4.69, 9.17) is 4.74 Å². The third-order valence-electron chi connectivity index (χ3n) is 3.32. The Bertz CT molecular complexity index is 339. The first kappa shape index (κ1) is 12.9. The number of hydrogen-bond donors (Lipinski definition) is 1. The van der Waals surface area contributed by atoms with Gasteiger partial charge in [0.2, 0.25) is 0 Å². The summed E-state index contributed by atoms with van der Waals surface area (Å²) in [6.45, 7) is 5.14. The van der Waals surface area contributed by atoms with Crippen molar-refractivity contribution in [3.05, 3.63) is 29.8 Å². The van der Waals surface area contributed by atoms with Crippen LogP contribution in [-0.2, 0) is 4.74 Å². The molecule has 1 aromatic rings. The van der Waals surface area contributed by atoms with Crippen molar-refractivity contribution in [1.29, 1.82) is 0 Å². The minimum atomic E-state index is 0.282. The quantitative estimate of drug-likeness (QED) is 0.813. The minimum absolute atomic E-state index is 0.282. The van der Waals surface area contributed by atoms with Crippen LogP contribution in [0.3, 0.4) is 0 Å². The molecule has 1 heterocycles. The van der Waals surface area contributed by atoms with Gasteiger partial charge in [0.05, 0.1) is 6.10 Å². The molecule has 2 unspecified atom stereocenters. The molecule has 0 radical (unpaired) electrons. The number of thioether (sulfide) groups is 1. The first-order valence-electron chi connectivity index (χ1n) is 6.31. The second-order valence-electron chi connectivity index (χ2n) is 4.42. The van der Waals surface area contributed by atoms with Crippen LogP contribution in [0, 0.1) is 5.92 Å². The summed E-state index contributed by atoms with van der Waals surface area (Å²) < 4.78 is 5.88. The lowest BCUT2D eigenvalue weighted by atomic mass is 9.95. The van der Waals surface area contributed by atoms with Crippen LogP contribution in [0.1, 0.15) is 25.0 Å². The number of ether oxygens (including phenoxy) is 1. The van der Waals surface area contributed by atoms with E-state index in [1.165, 1.54) is 16.9 Å². The van der Waals surface area contributed by atoms with Crippen LogP contribution in [0.4, 0.5) is 0 Å². The zero-order valence-electron chi connectivity index (χ0n) is 10.6. The van der Waals surface area contributed by atoms with E-state index < -0.39 is 0 Å². The van der Waals surface area contributed by atoms with Gasteiger partial charge in [-0.2, -0.15) is 0 Å². The molecule has 0 spiro atoms. The third-order valence-corrected chi connectivity index (χ3v) is 4.06. The Balaban J connectivity index is 2.03. The van der Waals surface area contributed by atoms with E-state index in [1.807, 2.05) is 0 Å². The van der Waals surface area contributed by atoms with Crippen LogP contribution in [0.2, 0.25) is 0 Å². The normalized spacial score (nSPS) is 24.1. The fraction of sp³-hybridized carbons (Fsp3) is 0.571. The summed E-state index contributed by atoms with van der Waals surface area (Å²) in [5, 5.41) is 3.43. The molecule has 0 amide bonds. The standard InChI is InChI=1S/C14H21NOS/c1-3-15-10-12-8-9-16-14(12)11-4-6-13(17-2)7-5-11/h4-7,12,14-15H,3,8-10H2,1-2H3. The molecule has 1 saturated heterocycles. The SMILES string of the molecule is CCNCC1CCOC1c1ccc(SC)cc1. The lowest BCUT2D eigenvalue weighted by Gasteiger charge is -2.19. The van der Waals surface area contributed by atoms with Crippen molar-refractivity contribution in [3.63, 3.8) is 0 Å². The molecule has 2 nitrogen and oxygen atoms in total. The van der Waals surface area contributed by atoms with Crippen molar-refractivity contribution >= 4 is 11.8 Å². The van der Waals surface area contributed by atoms with E-state index >= 15 is 0 Å². The molecular weight excluding hydrogens is 230 g/mol. The molecule has 2 atom stereocenters. The number of hydrogen-bond acceptors (Lipinski definition) is 3. The Morgan fingerprint density at radius 2 is 2.12 bits per heavy atom. The summed E-state index contributed by atoms with van der Waals surface area (Å²) in [6, 6.07) is 8.79. The molecule has 94 valence electrons. The molecular formula is C14H21NOS. The fourth-order valence-electron chi connectivity index (χ4n) is 2.33. The Morgan fingerprint density at radius 1 is 1.35 bits per heavy atom. The molecule has 17 heavy (non-hydrogen) atoms. The van der Waals surface area contributed by atoms with Crippen LogP contribution in [0.25, 0.3) is 0 Å². The van der Waals surface area contributed by atoms with Crippen molar-refractivity contribution in [1.82, 2.24) is 5.32 Å². The highest BCUT2D eigenvalue weighted by molar-refractivity contribution is 7.98. The second kappa shape index (κ2) is 6.43. The van der Waals surface area contributed by atoms with Crippen LogP contribution in [0.5, 0.6) is 0 Å². The highest BCUT2D eigenvalue weighted by Crippen LogP contribution is 2.34. The minimum Gasteiger partial charge on any atom is -0.373 e. The maximum absolute atomic E-state index is 5.88. The van der Waals surface area contributed by atoms with Gasteiger partial charge in [-0.3, -0.25) is 0 Å². The van der Waals surface area contributed by atoms with Gasteiger partial charge in [-0.1, -0.05) is 19.1 Å². The smallest absolute Gasteiger partial charge is 0.0866 e. The Morgan fingerprint density at radius 3 is 2.76 bits per heavy atom. The Labute approximate surface area is 108 Å². The molecule has 1 aliphatic rings. The van der Waals surface area contributed by atoms with Crippen molar-refractivity contribution in [2.45, 2.75) is 24.3 Å². The molecule has 0 saturated carbocycles. The Hall–Kier alpha value is -0.510. The lowest BCUT2D eigenvalue weighted by molar-refractivity contribution is 0.0906. The first-order valence-corrected chi connectivity index (χ1v) is 7.54. The zero-order chi connectivity index (χ0) is 12.1. The van der Waals surface area contributed by atoms with Gasteiger partial charge in [0.25, 0.3) is 0 Å². The first-order chi connectivity index (χ1) is 8.35. The van der Waals surface area contributed by atoms with E-state index in [1.54, 1.807) is 11.8 Å². The molecule has 0 aliphatic carbocycles. The largest absolute Gasteiger partial charge is 0.373 e. The van der Waals surface area contributed by atoms with Crippen LogP contribution in [0.15, 0.2) is 29.2 Å². The Kier molecular flexibility index (Phi) is 4.89. The van der Waals surface area contributed by atoms with Gasteiger partial charge in [0, 0.05) is 24.0 Å².